The molecule has 4 rings (SSSR count). The summed E-state index contributed by atoms with van der Waals surface area (Å²) in [6, 6.07) is 13.6. The van der Waals surface area contributed by atoms with Crippen LogP contribution in [-0.2, 0) is 19.3 Å². The molecule has 0 spiro atoms. The van der Waals surface area contributed by atoms with Crippen LogP contribution >= 0.6 is 0 Å². The van der Waals surface area contributed by atoms with Crippen molar-refractivity contribution in [2.45, 2.75) is 71.1 Å². The Morgan fingerprint density at radius 3 is 1.66 bits per heavy atom. The molecule has 2 saturated carbocycles. The van der Waals surface area contributed by atoms with E-state index in [1.807, 2.05) is 12.1 Å². The Morgan fingerprint density at radius 2 is 1.18 bits per heavy atom. The van der Waals surface area contributed by atoms with Gasteiger partial charge in [-0.15, -0.1) is 0 Å². The van der Waals surface area contributed by atoms with Gasteiger partial charge in [0.05, 0.1) is 16.8 Å². The van der Waals surface area contributed by atoms with Crippen molar-refractivity contribution < 1.29 is 24.2 Å². The van der Waals surface area contributed by atoms with Crippen molar-refractivity contribution in [1.29, 1.82) is 0 Å². The van der Waals surface area contributed by atoms with Crippen LogP contribution in [0.4, 0.5) is 5.69 Å². The fourth-order valence-electron chi connectivity index (χ4n) is 5.00. The fraction of sp³-hybridized carbons (Fsp3) is 0.448. The predicted octanol–water partition coefficient (Wildman–Crippen LogP) is 6.59. The summed E-state index contributed by atoms with van der Waals surface area (Å²) in [5.41, 5.74) is 2.92. The third-order valence-corrected chi connectivity index (χ3v) is 7.29. The van der Waals surface area contributed by atoms with Crippen molar-refractivity contribution in [3.05, 3.63) is 64.2 Å². The maximum atomic E-state index is 12.6. The molecular formula is C29H33N3O6. The van der Waals surface area contributed by atoms with E-state index in [9.17, 15) is 19.7 Å². The molecule has 9 heteroatoms. The van der Waals surface area contributed by atoms with Gasteiger partial charge in [-0.1, -0.05) is 73.1 Å². The second-order valence-corrected chi connectivity index (χ2v) is 9.99. The van der Waals surface area contributed by atoms with Crippen LogP contribution in [0.2, 0.25) is 0 Å². The third kappa shape index (κ3) is 7.12. The van der Waals surface area contributed by atoms with Crippen molar-refractivity contribution in [1.82, 2.24) is 0 Å². The van der Waals surface area contributed by atoms with E-state index >= 15 is 0 Å². The van der Waals surface area contributed by atoms with Crippen LogP contribution in [0.1, 0.15) is 76.7 Å². The number of carbonyl (C=O) groups is 2. The largest absolute Gasteiger partial charge is 0.338 e. The minimum absolute atomic E-state index is 0.0224. The predicted molar refractivity (Wildman–Crippen MR) is 144 cm³/mol. The number of hydrogen-bond acceptors (Lipinski definition) is 8. The second-order valence-electron chi connectivity index (χ2n) is 9.99. The summed E-state index contributed by atoms with van der Waals surface area (Å²) in [5, 5.41) is 19.2. The molecule has 2 aliphatic carbocycles. The van der Waals surface area contributed by atoms with Crippen molar-refractivity contribution in [3.8, 4) is 11.1 Å². The van der Waals surface area contributed by atoms with Gasteiger partial charge in [-0.25, -0.2) is 9.59 Å². The first kappa shape index (κ1) is 27.2. The zero-order chi connectivity index (χ0) is 26.9. The summed E-state index contributed by atoms with van der Waals surface area (Å²) in [6.07, 6.45) is 9.45. The maximum absolute atomic E-state index is 12.6. The lowest BCUT2D eigenvalue weighted by atomic mass is 9.89. The highest BCUT2D eigenvalue weighted by Crippen LogP contribution is 2.27. The summed E-state index contributed by atoms with van der Waals surface area (Å²) in [7, 11) is 0. The van der Waals surface area contributed by atoms with Gasteiger partial charge in [0.25, 0.3) is 5.69 Å². The van der Waals surface area contributed by atoms with Crippen molar-refractivity contribution in [2.75, 3.05) is 0 Å². The highest BCUT2D eigenvalue weighted by atomic mass is 16.7. The Labute approximate surface area is 222 Å². The molecule has 0 N–H and O–H groups in total. The number of benzene rings is 2. The summed E-state index contributed by atoms with van der Waals surface area (Å²) in [6.45, 7) is 1.66. The molecule has 0 saturated heterocycles. The van der Waals surface area contributed by atoms with Gasteiger partial charge in [0.15, 0.2) is 0 Å². The van der Waals surface area contributed by atoms with Gasteiger partial charge in [0.2, 0.25) is 0 Å². The molecule has 9 nitrogen and oxygen atoms in total. The molecule has 0 amide bonds. The molecule has 200 valence electrons. The van der Waals surface area contributed by atoms with Crippen LogP contribution in [0.3, 0.4) is 0 Å². The maximum Gasteiger partial charge on any atom is 0.338 e. The molecule has 0 aliphatic heterocycles. The number of nitro benzene ring substituents is 1. The quantitative estimate of drug-likeness (QED) is 0.168. The normalized spacial score (nSPS) is 17.6. The summed E-state index contributed by atoms with van der Waals surface area (Å²) in [4.78, 5) is 46.3. The van der Waals surface area contributed by atoms with Crippen molar-refractivity contribution in [2.24, 2.45) is 22.1 Å². The van der Waals surface area contributed by atoms with Crippen LogP contribution in [0.25, 0.3) is 11.1 Å². The standard InChI is InChI=1S/C29H33N3O6/c1-20(30-37-28(33)24-8-4-2-5-9-24)27(31-38-29(34)25-10-6-3-7-11-25)23-14-12-21(13-15-23)22-16-18-26(19-17-22)32(35)36/h12-19,24-25H,2-11H2,1H3/b30-20+,31-27+. The molecule has 0 radical (unpaired) electrons. The average molecular weight is 520 g/mol. The first-order valence-electron chi connectivity index (χ1n) is 13.3. The van der Waals surface area contributed by atoms with Crippen LogP contribution in [0.5, 0.6) is 0 Å². The van der Waals surface area contributed by atoms with Gasteiger partial charge in [0.1, 0.15) is 11.4 Å². The van der Waals surface area contributed by atoms with Gasteiger partial charge in [0, 0.05) is 17.7 Å². The van der Waals surface area contributed by atoms with E-state index in [-0.39, 0.29) is 29.5 Å². The van der Waals surface area contributed by atoms with Gasteiger partial charge in [-0.05, 0) is 55.9 Å². The molecule has 0 aromatic heterocycles. The van der Waals surface area contributed by atoms with E-state index in [0.717, 1.165) is 75.3 Å². The van der Waals surface area contributed by atoms with Crippen LogP contribution in [0.15, 0.2) is 58.8 Å². The van der Waals surface area contributed by atoms with E-state index in [1.165, 1.54) is 12.1 Å². The second kappa shape index (κ2) is 13.1. The smallest absolute Gasteiger partial charge is 0.318 e. The zero-order valence-corrected chi connectivity index (χ0v) is 21.6. The summed E-state index contributed by atoms with van der Waals surface area (Å²) < 4.78 is 0. The van der Waals surface area contributed by atoms with Crippen molar-refractivity contribution in [3.63, 3.8) is 0 Å². The number of carbonyl (C=O) groups excluding carboxylic acids is 2. The zero-order valence-electron chi connectivity index (χ0n) is 21.6. The first-order chi connectivity index (χ1) is 18.4. The highest BCUT2D eigenvalue weighted by Gasteiger charge is 2.25. The number of rotatable bonds is 8. The molecule has 0 heterocycles. The summed E-state index contributed by atoms with van der Waals surface area (Å²) in [5.74, 6) is -1.03. The number of non-ortho nitro benzene ring substituents is 1. The van der Waals surface area contributed by atoms with Crippen LogP contribution in [0, 0.1) is 22.0 Å². The van der Waals surface area contributed by atoms with Gasteiger partial charge < -0.3 is 9.68 Å². The lowest BCUT2D eigenvalue weighted by Crippen LogP contribution is -2.22. The molecule has 0 bridgehead atoms. The Bertz CT molecular complexity index is 1190. The van der Waals surface area contributed by atoms with Crippen LogP contribution in [-0.4, -0.2) is 28.3 Å². The molecule has 0 unspecified atom stereocenters. The van der Waals surface area contributed by atoms with Gasteiger partial charge in [-0.2, -0.15) is 0 Å². The van der Waals surface area contributed by atoms with E-state index in [1.54, 1.807) is 31.2 Å². The first-order valence-corrected chi connectivity index (χ1v) is 13.3. The Morgan fingerprint density at radius 1 is 0.737 bits per heavy atom. The van der Waals surface area contributed by atoms with E-state index in [2.05, 4.69) is 10.3 Å². The topological polar surface area (TPSA) is 120 Å². The van der Waals surface area contributed by atoms with E-state index < -0.39 is 4.92 Å². The lowest BCUT2D eigenvalue weighted by Gasteiger charge is -2.18. The minimum Gasteiger partial charge on any atom is -0.318 e. The Kier molecular flexibility index (Phi) is 9.35. The molecule has 2 aromatic carbocycles. The minimum atomic E-state index is -0.437. The summed E-state index contributed by atoms with van der Waals surface area (Å²) >= 11 is 0. The Balaban J connectivity index is 1.54. The van der Waals surface area contributed by atoms with Gasteiger partial charge >= 0.3 is 11.9 Å². The lowest BCUT2D eigenvalue weighted by molar-refractivity contribution is -0.384. The SMILES string of the molecule is CC(=N\OC(=O)C1CCCCC1)/C(=N\OC(=O)C1CCCCC1)c1ccc(-c2ccc([N+](=O)[O-])cc2)cc1. The third-order valence-electron chi connectivity index (χ3n) is 7.29. The molecular weight excluding hydrogens is 486 g/mol. The van der Waals surface area contributed by atoms with E-state index in [4.69, 9.17) is 9.68 Å². The number of nitro groups is 1. The number of oxime groups is 2. The highest BCUT2D eigenvalue weighted by molar-refractivity contribution is 6.47. The Hall–Kier alpha value is -3.88. The molecule has 2 fully saturated rings. The number of hydrogen-bond donors (Lipinski definition) is 0. The average Bonchev–Trinajstić information content (AvgIpc) is 2.97. The molecule has 38 heavy (non-hydrogen) atoms. The van der Waals surface area contributed by atoms with E-state index in [0.29, 0.717) is 17.0 Å². The van der Waals surface area contributed by atoms with Crippen molar-refractivity contribution >= 4 is 29.0 Å². The van der Waals surface area contributed by atoms with Gasteiger partial charge in [-0.3, -0.25) is 10.1 Å². The molecule has 2 aliphatic rings. The molecule has 0 atom stereocenters. The molecule has 2 aromatic rings. The fourth-order valence-corrected chi connectivity index (χ4v) is 5.00. The monoisotopic (exact) mass is 519 g/mol. The van der Waals surface area contributed by atoms with Crippen LogP contribution < -0.4 is 0 Å². The number of nitrogens with zero attached hydrogens (tertiary/aromatic N) is 3.